The van der Waals surface area contributed by atoms with Gasteiger partial charge in [0.15, 0.2) is 0 Å². The van der Waals surface area contributed by atoms with Gasteiger partial charge < -0.3 is 19.9 Å². The first kappa shape index (κ1) is 20.2. The molecule has 1 atom stereocenters. The normalized spacial score (nSPS) is 24.0. The van der Waals surface area contributed by atoms with Crippen LogP contribution in [0.25, 0.3) is 0 Å². The maximum absolute atomic E-state index is 12.3. The van der Waals surface area contributed by atoms with E-state index in [9.17, 15) is 9.59 Å². The zero-order valence-corrected chi connectivity index (χ0v) is 17.2. The summed E-state index contributed by atoms with van der Waals surface area (Å²) in [5.74, 6) is 1.96. The average molecular weight is 402 g/mol. The molecule has 1 aromatic heterocycles. The molecule has 3 heterocycles. The number of morpholine rings is 1. The van der Waals surface area contributed by atoms with Crippen LogP contribution in [-0.2, 0) is 9.53 Å². The second-order valence-electron chi connectivity index (χ2n) is 8.65. The molecule has 1 N–H and O–H groups in total. The van der Waals surface area contributed by atoms with Crippen molar-refractivity contribution in [2.45, 2.75) is 38.7 Å². The van der Waals surface area contributed by atoms with Crippen molar-refractivity contribution < 1.29 is 14.3 Å². The molecule has 1 saturated carbocycles. The van der Waals surface area contributed by atoms with Crippen molar-refractivity contribution in [2.24, 2.45) is 11.8 Å². The molecular weight excluding hydrogens is 370 g/mol. The predicted octanol–water partition coefficient (Wildman–Crippen LogP) is 0.864. The lowest BCUT2D eigenvalue weighted by atomic mass is 9.95. The van der Waals surface area contributed by atoms with E-state index < -0.39 is 0 Å². The standard InChI is InChI=1S/C21H31N5O3/c1-15-22-8-18(9-23-15)21(28)24-10-19-13-26(20(27)14-29-19)12-17-4-6-25(7-5-17)11-16-2-3-16/h8-9,16-17,19H,2-7,10-14H2,1H3,(H,24,28)/t19-/m1/s1. The van der Waals surface area contributed by atoms with Crippen LogP contribution >= 0.6 is 0 Å². The highest BCUT2D eigenvalue weighted by molar-refractivity contribution is 5.93. The van der Waals surface area contributed by atoms with Gasteiger partial charge in [0, 0.05) is 38.6 Å². The first-order valence-electron chi connectivity index (χ1n) is 10.8. The van der Waals surface area contributed by atoms with E-state index in [2.05, 4.69) is 20.2 Å². The Morgan fingerprint density at radius 3 is 2.52 bits per heavy atom. The first-order chi connectivity index (χ1) is 14.1. The van der Waals surface area contributed by atoms with Crippen molar-refractivity contribution in [3.8, 4) is 0 Å². The largest absolute Gasteiger partial charge is 0.365 e. The van der Waals surface area contributed by atoms with Gasteiger partial charge >= 0.3 is 0 Å². The maximum atomic E-state index is 12.3. The molecule has 0 spiro atoms. The van der Waals surface area contributed by atoms with E-state index in [1.54, 1.807) is 6.92 Å². The second kappa shape index (κ2) is 9.17. The summed E-state index contributed by atoms with van der Waals surface area (Å²) in [6.45, 7) is 7.14. The van der Waals surface area contributed by atoms with Crippen LogP contribution in [0.15, 0.2) is 12.4 Å². The van der Waals surface area contributed by atoms with Crippen LogP contribution in [0, 0.1) is 18.8 Å². The van der Waals surface area contributed by atoms with E-state index in [-0.39, 0.29) is 24.5 Å². The van der Waals surface area contributed by atoms with Crippen LogP contribution in [0.3, 0.4) is 0 Å². The fraction of sp³-hybridized carbons (Fsp3) is 0.714. The van der Waals surface area contributed by atoms with Gasteiger partial charge in [0.25, 0.3) is 5.91 Å². The number of amides is 2. The molecule has 4 rings (SSSR count). The van der Waals surface area contributed by atoms with Crippen molar-refractivity contribution >= 4 is 11.8 Å². The van der Waals surface area contributed by atoms with Crippen molar-refractivity contribution in [2.75, 3.05) is 45.9 Å². The molecular formula is C21H31N5O3. The lowest BCUT2D eigenvalue weighted by Gasteiger charge is -2.38. The van der Waals surface area contributed by atoms with Crippen LogP contribution in [0.4, 0.5) is 0 Å². The van der Waals surface area contributed by atoms with Gasteiger partial charge in [-0.1, -0.05) is 0 Å². The number of carbonyl (C=O) groups is 2. The third kappa shape index (κ3) is 5.73. The predicted molar refractivity (Wildman–Crippen MR) is 107 cm³/mol. The van der Waals surface area contributed by atoms with Crippen molar-refractivity contribution in [1.29, 1.82) is 0 Å². The number of piperidine rings is 1. The minimum absolute atomic E-state index is 0.0555. The van der Waals surface area contributed by atoms with Gasteiger partial charge in [-0.2, -0.15) is 0 Å². The number of nitrogens with zero attached hydrogens (tertiary/aromatic N) is 4. The number of rotatable bonds is 7. The zero-order chi connectivity index (χ0) is 20.2. The quantitative estimate of drug-likeness (QED) is 0.729. The number of hydrogen-bond donors (Lipinski definition) is 1. The Labute approximate surface area is 172 Å². The van der Waals surface area contributed by atoms with Crippen LogP contribution < -0.4 is 5.32 Å². The van der Waals surface area contributed by atoms with E-state index >= 15 is 0 Å². The van der Waals surface area contributed by atoms with Crippen molar-refractivity contribution in [3.05, 3.63) is 23.8 Å². The van der Waals surface area contributed by atoms with Gasteiger partial charge in [-0.3, -0.25) is 9.59 Å². The molecule has 0 aromatic carbocycles. The highest BCUT2D eigenvalue weighted by Gasteiger charge is 2.31. The molecule has 1 aliphatic carbocycles. The van der Waals surface area contributed by atoms with Gasteiger partial charge in [-0.15, -0.1) is 0 Å². The van der Waals surface area contributed by atoms with Gasteiger partial charge in [-0.05, 0) is 57.5 Å². The molecule has 0 radical (unpaired) electrons. The maximum Gasteiger partial charge on any atom is 0.254 e. The highest BCUT2D eigenvalue weighted by Crippen LogP contribution is 2.31. The zero-order valence-electron chi connectivity index (χ0n) is 17.2. The van der Waals surface area contributed by atoms with Crippen LogP contribution in [0.2, 0.25) is 0 Å². The summed E-state index contributed by atoms with van der Waals surface area (Å²) >= 11 is 0. The first-order valence-corrected chi connectivity index (χ1v) is 10.8. The summed E-state index contributed by atoms with van der Waals surface area (Å²) in [7, 11) is 0. The molecule has 2 aliphatic heterocycles. The van der Waals surface area contributed by atoms with Crippen LogP contribution in [0.1, 0.15) is 41.9 Å². The molecule has 2 saturated heterocycles. The molecule has 8 heteroatoms. The van der Waals surface area contributed by atoms with Gasteiger partial charge in [0.1, 0.15) is 12.4 Å². The van der Waals surface area contributed by atoms with Gasteiger partial charge in [-0.25, -0.2) is 9.97 Å². The number of carbonyl (C=O) groups excluding carboxylic acids is 2. The Morgan fingerprint density at radius 1 is 1.14 bits per heavy atom. The number of hydrogen-bond acceptors (Lipinski definition) is 6. The lowest BCUT2D eigenvalue weighted by Crippen LogP contribution is -2.52. The van der Waals surface area contributed by atoms with Crippen LogP contribution in [-0.4, -0.2) is 83.6 Å². The summed E-state index contributed by atoms with van der Waals surface area (Å²) < 4.78 is 5.64. The number of nitrogens with one attached hydrogen (secondary N) is 1. The summed E-state index contributed by atoms with van der Waals surface area (Å²) in [6.07, 6.45) is 7.97. The minimum atomic E-state index is -0.222. The fourth-order valence-electron chi connectivity index (χ4n) is 4.13. The highest BCUT2D eigenvalue weighted by atomic mass is 16.5. The SMILES string of the molecule is Cc1ncc(C(=O)NC[C@@H]2CN(CC3CCN(CC4CC4)CC3)C(=O)CO2)cn1. The Balaban J connectivity index is 1.21. The Hall–Kier alpha value is -2.06. The summed E-state index contributed by atoms with van der Waals surface area (Å²) in [5, 5.41) is 2.87. The van der Waals surface area contributed by atoms with E-state index in [1.807, 2.05) is 4.90 Å². The minimum Gasteiger partial charge on any atom is -0.365 e. The smallest absolute Gasteiger partial charge is 0.254 e. The van der Waals surface area contributed by atoms with Gasteiger partial charge in [0.05, 0.1) is 11.7 Å². The molecule has 1 aromatic rings. The topological polar surface area (TPSA) is 87.7 Å². The molecule has 3 aliphatic rings. The van der Waals surface area contributed by atoms with Crippen LogP contribution in [0.5, 0.6) is 0 Å². The van der Waals surface area contributed by atoms with E-state index in [0.717, 1.165) is 38.4 Å². The van der Waals surface area contributed by atoms with Crippen molar-refractivity contribution in [1.82, 2.24) is 25.1 Å². The average Bonchev–Trinajstić information content (AvgIpc) is 3.54. The molecule has 8 nitrogen and oxygen atoms in total. The van der Waals surface area contributed by atoms with Gasteiger partial charge in [0.2, 0.25) is 5.91 Å². The number of aryl methyl sites for hydroxylation is 1. The number of aromatic nitrogens is 2. The molecule has 158 valence electrons. The number of ether oxygens (including phenoxy) is 1. The molecule has 0 unspecified atom stereocenters. The molecule has 2 amide bonds. The van der Waals surface area contributed by atoms with E-state index in [0.29, 0.717) is 30.4 Å². The summed E-state index contributed by atoms with van der Waals surface area (Å²) in [6, 6.07) is 0. The third-order valence-electron chi connectivity index (χ3n) is 6.15. The molecule has 3 fully saturated rings. The lowest BCUT2D eigenvalue weighted by molar-refractivity contribution is -0.149. The Bertz CT molecular complexity index is 714. The molecule has 29 heavy (non-hydrogen) atoms. The number of likely N-dealkylation sites (tertiary alicyclic amines) is 1. The second-order valence-corrected chi connectivity index (χ2v) is 8.65. The monoisotopic (exact) mass is 401 g/mol. The Kier molecular flexibility index (Phi) is 6.40. The van der Waals surface area contributed by atoms with E-state index in [4.69, 9.17) is 4.74 Å². The third-order valence-corrected chi connectivity index (χ3v) is 6.15. The van der Waals surface area contributed by atoms with E-state index in [1.165, 1.54) is 31.8 Å². The van der Waals surface area contributed by atoms with Crippen molar-refractivity contribution in [3.63, 3.8) is 0 Å². The fourth-order valence-corrected chi connectivity index (χ4v) is 4.13. The molecule has 0 bridgehead atoms. The summed E-state index contributed by atoms with van der Waals surface area (Å²) in [5.41, 5.74) is 0.428. The summed E-state index contributed by atoms with van der Waals surface area (Å²) in [4.78, 5) is 37.2. The Morgan fingerprint density at radius 2 is 1.83 bits per heavy atom.